The Morgan fingerprint density at radius 3 is 3.05 bits per heavy atom. The smallest absolute Gasteiger partial charge is 0.123 e. The molecule has 1 aliphatic rings. The van der Waals surface area contributed by atoms with Crippen molar-refractivity contribution in [2.24, 2.45) is 5.16 Å². The molecule has 0 unspecified atom stereocenters. The number of benzene rings is 1. The van der Waals surface area contributed by atoms with Crippen LogP contribution in [0.1, 0.15) is 23.4 Å². The third-order valence-electron chi connectivity index (χ3n) is 3.69. The summed E-state index contributed by atoms with van der Waals surface area (Å²) in [5, 5.41) is 12.3. The number of oxime groups is 1. The number of rotatable bonds is 4. The van der Waals surface area contributed by atoms with Gasteiger partial charge in [0.1, 0.15) is 18.2 Å². The Morgan fingerprint density at radius 2 is 2.30 bits per heavy atom. The molecule has 0 aliphatic heterocycles. The second kappa shape index (κ2) is 5.36. The first-order valence-electron chi connectivity index (χ1n) is 6.73. The highest BCUT2D eigenvalue weighted by Crippen LogP contribution is 2.30. The third-order valence-corrected chi connectivity index (χ3v) is 3.69. The van der Waals surface area contributed by atoms with Crippen LogP contribution in [-0.4, -0.2) is 27.1 Å². The van der Waals surface area contributed by atoms with Gasteiger partial charge in [-0.2, -0.15) is 0 Å². The zero-order valence-electron chi connectivity index (χ0n) is 11.4. The van der Waals surface area contributed by atoms with Crippen LogP contribution in [0.15, 0.2) is 35.7 Å². The molecule has 5 nitrogen and oxygen atoms in total. The van der Waals surface area contributed by atoms with Gasteiger partial charge >= 0.3 is 0 Å². The van der Waals surface area contributed by atoms with Crippen LogP contribution < -0.4 is 4.74 Å². The van der Waals surface area contributed by atoms with E-state index in [1.54, 1.807) is 6.20 Å². The summed E-state index contributed by atoms with van der Waals surface area (Å²) in [6.07, 6.45) is 5.38. The fourth-order valence-corrected chi connectivity index (χ4v) is 2.61. The van der Waals surface area contributed by atoms with Gasteiger partial charge in [-0.25, -0.2) is 4.98 Å². The van der Waals surface area contributed by atoms with E-state index in [1.807, 2.05) is 31.3 Å². The molecule has 0 radical (unpaired) electrons. The summed E-state index contributed by atoms with van der Waals surface area (Å²) < 4.78 is 7.94. The van der Waals surface area contributed by atoms with Crippen molar-refractivity contribution >= 4 is 5.71 Å². The monoisotopic (exact) mass is 271 g/mol. The normalized spacial score (nSPS) is 15.6. The minimum Gasteiger partial charge on any atom is -0.491 e. The molecule has 5 heteroatoms. The molecule has 1 N–H and O–H groups in total. The number of nitrogens with zero attached hydrogens (tertiary/aromatic N) is 3. The Labute approximate surface area is 117 Å². The maximum atomic E-state index is 8.97. The number of imidazole rings is 1. The molecule has 0 spiro atoms. The van der Waals surface area contributed by atoms with Crippen molar-refractivity contribution in [1.82, 2.24) is 9.55 Å². The first-order valence-corrected chi connectivity index (χ1v) is 6.73. The van der Waals surface area contributed by atoms with E-state index in [2.05, 4.69) is 14.7 Å². The molecule has 0 bridgehead atoms. The van der Waals surface area contributed by atoms with Gasteiger partial charge in [-0.15, -0.1) is 0 Å². The van der Waals surface area contributed by atoms with Crippen LogP contribution in [0.5, 0.6) is 5.75 Å². The summed E-state index contributed by atoms with van der Waals surface area (Å²) in [5.74, 6) is 1.88. The molecule has 2 aromatic rings. The Hall–Kier alpha value is -2.30. The largest absolute Gasteiger partial charge is 0.491 e. The molecule has 3 rings (SSSR count). The molecule has 0 amide bonds. The first-order chi connectivity index (χ1) is 9.79. The predicted molar refractivity (Wildman–Crippen MR) is 75.5 cm³/mol. The molecule has 0 atom stereocenters. The highest BCUT2D eigenvalue weighted by Gasteiger charge is 2.21. The van der Waals surface area contributed by atoms with Crippen molar-refractivity contribution < 1.29 is 9.94 Å². The Bertz CT molecular complexity index is 646. The van der Waals surface area contributed by atoms with E-state index in [1.165, 1.54) is 0 Å². The lowest BCUT2D eigenvalue weighted by atomic mass is 10.1. The lowest BCUT2D eigenvalue weighted by molar-refractivity contribution is 0.294. The minimum atomic E-state index is 0.596. The lowest BCUT2D eigenvalue weighted by Gasteiger charge is -2.11. The summed E-state index contributed by atoms with van der Waals surface area (Å²) in [4.78, 5) is 4.19. The first kappa shape index (κ1) is 12.7. The number of fused-ring (bicyclic) bond motifs is 1. The van der Waals surface area contributed by atoms with Crippen molar-refractivity contribution in [3.05, 3.63) is 47.5 Å². The molecule has 104 valence electrons. The summed E-state index contributed by atoms with van der Waals surface area (Å²) >= 11 is 0. The van der Waals surface area contributed by atoms with Gasteiger partial charge in [-0.3, -0.25) is 0 Å². The fourth-order valence-electron chi connectivity index (χ4n) is 2.61. The predicted octanol–water partition coefficient (Wildman–Crippen LogP) is 2.40. The maximum absolute atomic E-state index is 8.97. The van der Waals surface area contributed by atoms with E-state index < -0.39 is 0 Å². The molecule has 1 aromatic heterocycles. The second-order valence-electron chi connectivity index (χ2n) is 4.85. The summed E-state index contributed by atoms with van der Waals surface area (Å²) in [6, 6.07) is 5.89. The summed E-state index contributed by atoms with van der Waals surface area (Å²) in [5.41, 5.74) is 2.89. The van der Waals surface area contributed by atoms with E-state index in [-0.39, 0.29) is 0 Å². The molecular formula is C15H17N3O2. The van der Waals surface area contributed by atoms with Crippen molar-refractivity contribution in [2.45, 2.75) is 26.3 Å². The van der Waals surface area contributed by atoms with Crippen molar-refractivity contribution in [1.29, 1.82) is 0 Å². The van der Waals surface area contributed by atoms with Crippen LogP contribution in [0.4, 0.5) is 0 Å². The van der Waals surface area contributed by atoms with Crippen molar-refractivity contribution in [3.63, 3.8) is 0 Å². The zero-order chi connectivity index (χ0) is 13.9. The van der Waals surface area contributed by atoms with Crippen LogP contribution in [0.2, 0.25) is 0 Å². The van der Waals surface area contributed by atoms with Gasteiger partial charge in [-0.1, -0.05) is 17.3 Å². The number of aromatic nitrogens is 2. The van der Waals surface area contributed by atoms with E-state index in [9.17, 15) is 0 Å². The molecular weight excluding hydrogens is 254 g/mol. The molecule has 0 saturated carbocycles. The van der Waals surface area contributed by atoms with Gasteiger partial charge in [0, 0.05) is 23.5 Å². The average Bonchev–Trinajstić information content (AvgIpc) is 3.06. The van der Waals surface area contributed by atoms with Crippen LogP contribution in [-0.2, 0) is 13.0 Å². The number of hydrogen-bond donors (Lipinski definition) is 1. The third kappa shape index (κ3) is 2.27. The lowest BCUT2D eigenvalue weighted by Crippen LogP contribution is -2.09. The zero-order valence-corrected chi connectivity index (χ0v) is 11.4. The Morgan fingerprint density at radius 1 is 1.40 bits per heavy atom. The molecule has 0 saturated heterocycles. The van der Waals surface area contributed by atoms with Crippen molar-refractivity contribution in [2.75, 3.05) is 6.61 Å². The highest BCUT2D eigenvalue weighted by atomic mass is 16.5. The van der Waals surface area contributed by atoms with Crippen molar-refractivity contribution in [3.8, 4) is 5.75 Å². The molecule has 1 aromatic carbocycles. The Kier molecular flexibility index (Phi) is 3.41. The van der Waals surface area contributed by atoms with Crippen LogP contribution in [0, 0.1) is 6.92 Å². The highest BCUT2D eigenvalue weighted by molar-refractivity contribution is 6.04. The van der Waals surface area contributed by atoms with E-state index >= 15 is 0 Å². The summed E-state index contributed by atoms with van der Waals surface area (Å²) in [7, 11) is 0. The maximum Gasteiger partial charge on any atom is 0.123 e. The summed E-state index contributed by atoms with van der Waals surface area (Å²) in [6.45, 7) is 3.35. The molecule has 1 heterocycles. The van der Waals surface area contributed by atoms with Gasteiger partial charge in [0.15, 0.2) is 0 Å². The topological polar surface area (TPSA) is 59.6 Å². The fraction of sp³-hybridized carbons (Fsp3) is 0.333. The van der Waals surface area contributed by atoms with Crippen LogP contribution >= 0.6 is 0 Å². The standard InChI is InChI=1S/C15H17N3O2/c1-11-16-7-8-18(11)9-10-20-15-4-2-3-12-13(15)5-6-14(12)17-19/h2-4,7-8,19H,5-6,9-10H2,1H3. The van der Waals surface area contributed by atoms with E-state index in [0.29, 0.717) is 6.61 Å². The van der Waals surface area contributed by atoms with Gasteiger partial charge in [0.2, 0.25) is 0 Å². The Balaban J connectivity index is 1.70. The van der Waals surface area contributed by atoms with Crippen LogP contribution in [0.3, 0.4) is 0 Å². The number of hydrogen-bond acceptors (Lipinski definition) is 4. The van der Waals surface area contributed by atoms with Gasteiger partial charge in [0.25, 0.3) is 0 Å². The minimum absolute atomic E-state index is 0.596. The molecule has 20 heavy (non-hydrogen) atoms. The van der Waals surface area contributed by atoms with E-state index in [4.69, 9.17) is 9.94 Å². The number of ether oxygens (including phenoxy) is 1. The van der Waals surface area contributed by atoms with Crippen LogP contribution in [0.25, 0.3) is 0 Å². The van der Waals surface area contributed by atoms with Gasteiger partial charge < -0.3 is 14.5 Å². The quantitative estimate of drug-likeness (QED) is 0.686. The molecule has 1 aliphatic carbocycles. The van der Waals surface area contributed by atoms with E-state index in [0.717, 1.165) is 47.8 Å². The second-order valence-corrected chi connectivity index (χ2v) is 4.85. The molecule has 0 fully saturated rings. The van der Waals surface area contributed by atoms with Gasteiger partial charge in [-0.05, 0) is 25.8 Å². The number of aryl methyl sites for hydroxylation is 1. The van der Waals surface area contributed by atoms with Gasteiger partial charge in [0.05, 0.1) is 12.3 Å². The average molecular weight is 271 g/mol. The SMILES string of the molecule is Cc1nccn1CCOc1cccc2c1CCC2=NO.